The second-order valence-electron chi connectivity index (χ2n) is 7.82. The van der Waals surface area contributed by atoms with Crippen LogP contribution in [0.15, 0.2) is 59.8 Å². The number of hydrogen-bond donors (Lipinski definition) is 1. The van der Waals surface area contributed by atoms with E-state index in [4.69, 9.17) is 16.3 Å². The largest absolute Gasteiger partial charge is 0.380 e. The molecule has 2 aromatic carbocycles. The van der Waals surface area contributed by atoms with Crippen molar-refractivity contribution < 1.29 is 9.53 Å². The highest BCUT2D eigenvalue weighted by molar-refractivity contribution is 7.99. The van der Waals surface area contributed by atoms with Crippen LogP contribution in [-0.2, 0) is 16.1 Å². The SMILES string of the molecule is CC(C)CCOCCNC(=O)CSc1nnc(-c2ccc(Cl)cc2)n1Cc1ccccc1. The lowest BCUT2D eigenvalue weighted by atomic mass is 10.1. The number of aromatic nitrogens is 3. The Morgan fingerprint density at radius 3 is 2.56 bits per heavy atom. The summed E-state index contributed by atoms with van der Waals surface area (Å²) in [7, 11) is 0. The molecule has 32 heavy (non-hydrogen) atoms. The molecule has 0 spiro atoms. The van der Waals surface area contributed by atoms with Gasteiger partial charge in [-0.2, -0.15) is 0 Å². The quantitative estimate of drug-likeness (QED) is 0.299. The lowest BCUT2D eigenvalue weighted by Crippen LogP contribution is -2.29. The molecule has 1 N–H and O–H groups in total. The number of benzene rings is 2. The molecule has 1 heterocycles. The van der Waals surface area contributed by atoms with Gasteiger partial charge in [-0.25, -0.2) is 0 Å². The van der Waals surface area contributed by atoms with Gasteiger partial charge < -0.3 is 10.1 Å². The molecule has 8 heteroatoms. The molecule has 0 unspecified atom stereocenters. The predicted molar refractivity (Wildman–Crippen MR) is 130 cm³/mol. The fraction of sp³-hybridized carbons (Fsp3) is 0.375. The Bertz CT molecular complexity index is 977. The van der Waals surface area contributed by atoms with Crippen molar-refractivity contribution in [1.82, 2.24) is 20.1 Å². The third kappa shape index (κ3) is 7.65. The van der Waals surface area contributed by atoms with Crippen molar-refractivity contribution in [3.63, 3.8) is 0 Å². The van der Waals surface area contributed by atoms with Crippen molar-refractivity contribution in [3.8, 4) is 11.4 Å². The number of hydrogen-bond acceptors (Lipinski definition) is 5. The van der Waals surface area contributed by atoms with Crippen LogP contribution in [0.5, 0.6) is 0 Å². The summed E-state index contributed by atoms with van der Waals surface area (Å²) in [6.45, 7) is 6.69. The first kappa shape index (κ1) is 24.3. The standard InChI is InChI=1S/C24H29ClN4O2S/c1-18(2)12-14-31-15-13-26-22(30)17-32-24-28-27-23(20-8-10-21(25)11-9-20)29(24)16-19-6-4-3-5-7-19/h3-11,18H,12-17H2,1-2H3,(H,26,30). The third-order valence-corrected chi connectivity index (χ3v) is 5.96. The van der Waals surface area contributed by atoms with E-state index in [0.29, 0.717) is 35.8 Å². The average Bonchev–Trinajstić information content (AvgIpc) is 3.18. The van der Waals surface area contributed by atoms with E-state index in [9.17, 15) is 4.79 Å². The molecule has 3 aromatic rings. The topological polar surface area (TPSA) is 69.0 Å². The normalized spacial score (nSPS) is 11.1. The minimum atomic E-state index is -0.0511. The summed E-state index contributed by atoms with van der Waals surface area (Å²) in [6, 6.07) is 17.6. The van der Waals surface area contributed by atoms with E-state index >= 15 is 0 Å². The molecule has 0 aliphatic heterocycles. The number of ether oxygens (including phenoxy) is 1. The lowest BCUT2D eigenvalue weighted by molar-refractivity contribution is -0.118. The zero-order valence-electron chi connectivity index (χ0n) is 18.5. The molecule has 0 atom stereocenters. The minimum Gasteiger partial charge on any atom is -0.380 e. The van der Waals surface area contributed by atoms with E-state index in [1.807, 2.05) is 47.0 Å². The van der Waals surface area contributed by atoms with E-state index in [1.165, 1.54) is 11.8 Å². The molecule has 0 fully saturated rings. The molecule has 3 rings (SSSR count). The predicted octanol–water partition coefficient (Wildman–Crippen LogP) is 4.92. The van der Waals surface area contributed by atoms with Crippen molar-refractivity contribution in [2.45, 2.75) is 32.0 Å². The number of nitrogens with zero attached hydrogens (tertiary/aromatic N) is 3. The van der Waals surface area contributed by atoms with Crippen molar-refractivity contribution in [1.29, 1.82) is 0 Å². The van der Waals surface area contributed by atoms with E-state index in [-0.39, 0.29) is 11.7 Å². The first-order valence-electron chi connectivity index (χ1n) is 10.7. The Morgan fingerprint density at radius 2 is 1.84 bits per heavy atom. The van der Waals surface area contributed by atoms with Crippen LogP contribution in [0.3, 0.4) is 0 Å². The second kappa shape index (κ2) is 12.6. The van der Waals surface area contributed by atoms with Crippen LogP contribution in [0.4, 0.5) is 0 Å². The molecule has 0 radical (unpaired) electrons. The first-order chi connectivity index (χ1) is 15.5. The van der Waals surface area contributed by atoms with Crippen LogP contribution in [0, 0.1) is 5.92 Å². The van der Waals surface area contributed by atoms with Crippen LogP contribution in [0.25, 0.3) is 11.4 Å². The van der Waals surface area contributed by atoms with Crippen molar-refractivity contribution >= 4 is 29.3 Å². The smallest absolute Gasteiger partial charge is 0.230 e. The van der Waals surface area contributed by atoms with Crippen LogP contribution in [0.1, 0.15) is 25.8 Å². The Balaban J connectivity index is 1.61. The van der Waals surface area contributed by atoms with Crippen molar-refractivity contribution in [3.05, 3.63) is 65.2 Å². The van der Waals surface area contributed by atoms with Gasteiger partial charge in [-0.3, -0.25) is 9.36 Å². The van der Waals surface area contributed by atoms with Gasteiger partial charge in [0, 0.05) is 23.7 Å². The highest BCUT2D eigenvalue weighted by Gasteiger charge is 2.16. The third-order valence-electron chi connectivity index (χ3n) is 4.74. The van der Waals surface area contributed by atoms with Gasteiger partial charge in [0.25, 0.3) is 0 Å². The summed E-state index contributed by atoms with van der Waals surface area (Å²) >= 11 is 7.42. The van der Waals surface area contributed by atoms with Crippen LogP contribution in [-0.4, -0.2) is 46.2 Å². The Kier molecular flexibility index (Phi) is 9.59. The summed E-state index contributed by atoms with van der Waals surface area (Å²) in [6.07, 6.45) is 1.02. The molecular weight excluding hydrogens is 444 g/mol. The molecular formula is C24H29ClN4O2S. The Morgan fingerprint density at radius 1 is 1.09 bits per heavy atom. The molecule has 170 valence electrons. The van der Waals surface area contributed by atoms with Crippen molar-refractivity contribution in [2.75, 3.05) is 25.5 Å². The average molecular weight is 473 g/mol. The summed E-state index contributed by atoms with van der Waals surface area (Å²) in [5, 5.41) is 13.0. The van der Waals surface area contributed by atoms with Gasteiger partial charge in [0.05, 0.1) is 18.9 Å². The molecule has 0 aliphatic rings. The van der Waals surface area contributed by atoms with Gasteiger partial charge in [0.2, 0.25) is 5.91 Å². The molecule has 1 amide bonds. The van der Waals surface area contributed by atoms with Gasteiger partial charge in [-0.15, -0.1) is 10.2 Å². The number of rotatable bonds is 12. The number of amides is 1. The maximum absolute atomic E-state index is 12.3. The number of halogens is 1. The molecule has 0 saturated heterocycles. The van der Waals surface area contributed by atoms with Crippen LogP contribution < -0.4 is 5.32 Å². The number of nitrogens with one attached hydrogen (secondary N) is 1. The van der Waals surface area contributed by atoms with Crippen LogP contribution >= 0.6 is 23.4 Å². The first-order valence-corrected chi connectivity index (χ1v) is 12.1. The van der Waals surface area contributed by atoms with Gasteiger partial charge in [0.1, 0.15) is 0 Å². The molecule has 0 aliphatic carbocycles. The van der Waals surface area contributed by atoms with Gasteiger partial charge >= 0.3 is 0 Å². The molecule has 6 nitrogen and oxygen atoms in total. The number of thioether (sulfide) groups is 1. The fourth-order valence-corrected chi connectivity index (χ4v) is 3.88. The number of carbonyl (C=O) groups excluding carboxylic acids is 1. The fourth-order valence-electron chi connectivity index (χ4n) is 2.98. The molecule has 0 bridgehead atoms. The zero-order chi connectivity index (χ0) is 22.8. The van der Waals surface area contributed by atoms with Crippen LogP contribution in [0.2, 0.25) is 5.02 Å². The maximum atomic E-state index is 12.3. The summed E-state index contributed by atoms with van der Waals surface area (Å²) in [5.74, 6) is 1.57. The van der Waals surface area contributed by atoms with Crippen molar-refractivity contribution in [2.24, 2.45) is 5.92 Å². The van der Waals surface area contributed by atoms with E-state index < -0.39 is 0 Å². The van der Waals surface area contributed by atoms with Gasteiger partial charge in [-0.05, 0) is 42.2 Å². The lowest BCUT2D eigenvalue weighted by Gasteiger charge is -2.11. The van der Waals surface area contributed by atoms with E-state index in [1.54, 1.807) is 0 Å². The highest BCUT2D eigenvalue weighted by Crippen LogP contribution is 2.26. The second-order valence-corrected chi connectivity index (χ2v) is 9.20. The van der Waals surface area contributed by atoms with E-state index in [2.05, 4.69) is 41.5 Å². The van der Waals surface area contributed by atoms with Gasteiger partial charge in [-0.1, -0.05) is 67.5 Å². The summed E-state index contributed by atoms with van der Waals surface area (Å²) < 4.78 is 7.58. The Labute approximate surface area is 198 Å². The minimum absolute atomic E-state index is 0.0511. The molecule has 0 saturated carbocycles. The number of carbonyl (C=O) groups is 1. The monoisotopic (exact) mass is 472 g/mol. The van der Waals surface area contributed by atoms with Gasteiger partial charge in [0.15, 0.2) is 11.0 Å². The highest BCUT2D eigenvalue weighted by atomic mass is 35.5. The summed E-state index contributed by atoms with van der Waals surface area (Å²) in [5.41, 5.74) is 2.06. The zero-order valence-corrected chi connectivity index (χ0v) is 20.0. The van der Waals surface area contributed by atoms with E-state index in [0.717, 1.165) is 30.0 Å². The Hall–Kier alpha value is -2.35. The molecule has 1 aromatic heterocycles. The summed E-state index contributed by atoms with van der Waals surface area (Å²) in [4.78, 5) is 12.3. The maximum Gasteiger partial charge on any atom is 0.230 e.